The Bertz CT molecular complexity index is 1060. The van der Waals surface area contributed by atoms with Crippen molar-refractivity contribution in [3.8, 4) is 6.07 Å². The lowest BCUT2D eigenvalue weighted by atomic mass is 10.0. The van der Waals surface area contributed by atoms with Crippen molar-refractivity contribution < 1.29 is 4.79 Å². The zero-order valence-corrected chi connectivity index (χ0v) is 20.5. The van der Waals surface area contributed by atoms with E-state index in [1.807, 2.05) is 19.9 Å². The van der Waals surface area contributed by atoms with Crippen LogP contribution in [0.1, 0.15) is 75.0 Å². The summed E-state index contributed by atoms with van der Waals surface area (Å²) in [6.07, 6.45) is 10.6. The molecule has 8 heteroatoms. The number of aromatic nitrogens is 1. The van der Waals surface area contributed by atoms with Crippen molar-refractivity contribution in [1.29, 1.82) is 5.26 Å². The molecule has 1 aromatic heterocycles. The second kappa shape index (κ2) is 9.80. The first kappa shape index (κ1) is 23.1. The number of carbonyl (C=O) groups excluding carboxylic acids is 1. The molecule has 1 amide bonds. The molecular formula is C24H30N4O2S2. The summed E-state index contributed by atoms with van der Waals surface area (Å²) in [5.74, 6) is 0.794. The van der Waals surface area contributed by atoms with Gasteiger partial charge in [0.2, 0.25) is 0 Å². The van der Waals surface area contributed by atoms with E-state index in [-0.39, 0.29) is 23.1 Å². The highest BCUT2D eigenvalue weighted by Crippen LogP contribution is 2.39. The van der Waals surface area contributed by atoms with Crippen molar-refractivity contribution in [3.05, 3.63) is 31.9 Å². The molecule has 0 radical (unpaired) electrons. The molecule has 32 heavy (non-hydrogen) atoms. The standard InChI is InChI=1S/C24H30N4O2S2/c1-3-27-21(26-12-8-4-5-9-13-26)18(16(2)19(15-25)22(27)29)14-20-23(30)28(24(31)32-20)17-10-6-7-11-17/h14,17H,3-13H2,1-2H3. The van der Waals surface area contributed by atoms with Gasteiger partial charge in [-0.05, 0) is 51.2 Å². The van der Waals surface area contributed by atoms with Crippen LogP contribution < -0.4 is 10.5 Å². The van der Waals surface area contributed by atoms with Crippen LogP contribution in [0.2, 0.25) is 0 Å². The lowest BCUT2D eigenvalue weighted by Gasteiger charge is -2.29. The Morgan fingerprint density at radius 1 is 1.12 bits per heavy atom. The van der Waals surface area contributed by atoms with Crippen molar-refractivity contribution in [2.75, 3.05) is 18.0 Å². The number of nitriles is 1. The molecule has 170 valence electrons. The van der Waals surface area contributed by atoms with Gasteiger partial charge in [0.1, 0.15) is 21.8 Å². The van der Waals surface area contributed by atoms with Crippen LogP contribution in [0, 0.1) is 18.3 Å². The van der Waals surface area contributed by atoms with E-state index in [0.717, 1.165) is 63.0 Å². The third-order valence-electron chi connectivity index (χ3n) is 6.86. The second-order valence-electron chi connectivity index (χ2n) is 8.79. The summed E-state index contributed by atoms with van der Waals surface area (Å²) in [6, 6.07) is 2.30. The number of hydrogen-bond donors (Lipinski definition) is 0. The summed E-state index contributed by atoms with van der Waals surface area (Å²) in [5, 5.41) is 9.73. The van der Waals surface area contributed by atoms with Gasteiger partial charge in [0, 0.05) is 31.2 Å². The average Bonchev–Trinajstić information content (AvgIpc) is 3.28. The molecule has 1 aromatic rings. The Kier molecular flexibility index (Phi) is 7.06. The highest BCUT2D eigenvalue weighted by atomic mass is 32.2. The molecule has 4 rings (SSSR count). The lowest BCUT2D eigenvalue weighted by molar-refractivity contribution is -0.123. The van der Waals surface area contributed by atoms with E-state index in [1.54, 1.807) is 9.47 Å². The van der Waals surface area contributed by atoms with Gasteiger partial charge in [-0.25, -0.2) is 0 Å². The van der Waals surface area contributed by atoms with Gasteiger partial charge in [-0.3, -0.25) is 19.1 Å². The summed E-state index contributed by atoms with van der Waals surface area (Å²) < 4.78 is 2.33. The zero-order valence-electron chi connectivity index (χ0n) is 18.9. The monoisotopic (exact) mass is 470 g/mol. The van der Waals surface area contributed by atoms with Crippen molar-refractivity contribution in [2.45, 2.75) is 77.8 Å². The Morgan fingerprint density at radius 3 is 2.38 bits per heavy atom. The predicted octanol–water partition coefficient (Wildman–Crippen LogP) is 4.57. The smallest absolute Gasteiger partial charge is 0.270 e. The van der Waals surface area contributed by atoms with Crippen LogP contribution in [-0.4, -0.2) is 38.8 Å². The van der Waals surface area contributed by atoms with Crippen LogP contribution in [0.3, 0.4) is 0 Å². The van der Waals surface area contributed by atoms with Crippen molar-refractivity contribution >= 4 is 46.1 Å². The number of carbonyl (C=O) groups is 1. The van der Waals surface area contributed by atoms with E-state index in [4.69, 9.17) is 12.2 Å². The van der Waals surface area contributed by atoms with E-state index in [2.05, 4.69) is 11.0 Å². The number of rotatable bonds is 4. The van der Waals surface area contributed by atoms with E-state index < -0.39 is 0 Å². The summed E-state index contributed by atoms with van der Waals surface area (Å²) in [4.78, 5) is 31.1. The van der Waals surface area contributed by atoms with E-state index in [9.17, 15) is 14.9 Å². The highest BCUT2D eigenvalue weighted by Gasteiger charge is 2.38. The molecule has 0 spiro atoms. The van der Waals surface area contributed by atoms with Gasteiger partial charge >= 0.3 is 0 Å². The number of nitrogens with zero attached hydrogens (tertiary/aromatic N) is 4. The first-order valence-corrected chi connectivity index (χ1v) is 12.9. The van der Waals surface area contributed by atoms with Gasteiger partial charge in [0.15, 0.2) is 0 Å². The Morgan fingerprint density at radius 2 is 1.78 bits per heavy atom. The van der Waals surface area contributed by atoms with Gasteiger partial charge in [0.05, 0.1) is 4.91 Å². The average molecular weight is 471 g/mol. The first-order chi connectivity index (χ1) is 15.5. The molecule has 1 aliphatic carbocycles. The molecule has 1 saturated carbocycles. The van der Waals surface area contributed by atoms with Gasteiger partial charge < -0.3 is 4.90 Å². The molecule has 0 N–H and O–H groups in total. The van der Waals surface area contributed by atoms with E-state index in [1.165, 1.54) is 24.6 Å². The number of thioether (sulfide) groups is 1. The quantitative estimate of drug-likeness (QED) is 0.474. The Labute approximate surface area is 199 Å². The van der Waals surface area contributed by atoms with Gasteiger partial charge in [-0.2, -0.15) is 5.26 Å². The molecule has 0 atom stereocenters. The fraction of sp³-hybridized carbons (Fsp3) is 0.583. The maximum Gasteiger partial charge on any atom is 0.270 e. The van der Waals surface area contributed by atoms with Gasteiger partial charge in [0.25, 0.3) is 11.5 Å². The predicted molar refractivity (Wildman–Crippen MR) is 134 cm³/mol. The van der Waals surface area contributed by atoms with Crippen LogP contribution >= 0.6 is 24.0 Å². The summed E-state index contributed by atoms with van der Waals surface area (Å²) >= 11 is 6.93. The summed E-state index contributed by atoms with van der Waals surface area (Å²) in [7, 11) is 0. The molecule has 0 bridgehead atoms. The second-order valence-corrected chi connectivity index (χ2v) is 10.5. The molecule has 3 fully saturated rings. The van der Waals surface area contributed by atoms with Crippen molar-refractivity contribution in [1.82, 2.24) is 9.47 Å². The molecule has 3 aliphatic rings. The van der Waals surface area contributed by atoms with Crippen LogP contribution in [0.4, 0.5) is 5.82 Å². The van der Waals surface area contributed by atoms with Gasteiger partial charge in [-0.1, -0.05) is 49.7 Å². The fourth-order valence-electron chi connectivity index (χ4n) is 5.15. The number of anilines is 1. The number of amides is 1. The molecular weight excluding hydrogens is 440 g/mol. The first-order valence-electron chi connectivity index (χ1n) is 11.7. The topological polar surface area (TPSA) is 69.3 Å². The molecule has 6 nitrogen and oxygen atoms in total. The number of hydrogen-bond acceptors (Lipinski definition) is 6. The molecule has 3 heterocycles. The lowest BCUT2D eigenvalue weighted by Crippen LogP contribution is -2.36. The minimum absolute atomic E-state index is 0.0409. The van der Waals surface area contributed by atoms with Crippen LogP contribution in [0.25, 0.3) is 6.08 Å². The SMILES string of the molecule is CCn1c(N2CCCCCC2)c(C=C2SC(=S)N(C3CCCC3)C2=O)c(C)c(C#N)c1=O. The fourth-order valence-corrected chi connectivity index (χ4v) is 6.53. The zero-order chi connectivity index (χ0) is 22.8. The maximum absolute atomic E-state index is 13.3. The highest BCUT2D eigenvalue weighted by molar-refractivity contribution is 8.26. The van der Waals surface area contributed by atoms with E-state index >= 15 is 0 Å². The third-order valence-corrected chi connectivity index (χ3v) is 8.19. The molecule has 2 aliphatic heterocycles. The van der Waals surface area contributed by atoms with Crippen molar-refractivity contribution in [3.63, 3.8) is 0 Å². The van der Waals surface area contributed by atoms with Crippen LogP contribution in [0.5, 0.6) is 0 Å². The minimum atomic E-state index is -0.248. The third kappa shape index (κ3) is 4.13. The molecule has 2 saturated heterocycles. The minimum Gasteiger partial charge on any atom is -0.357 e. The normalized spacial score (nSPS) is 21.5. The Hall–Kier alpha value is -2.11. The molecule has 0 unspecified atom stereocenters. The largest absolute Gasteiger partial charge is 0.357 e. The Balaban J connectivity index is 1.85. The maximum atomic E-state index is 13.3. The van der Waals surface area contributed by atoms with Crippen molar-refractivity contribution in [2.24, 2.45) is 0 Å². The number of pyridine rings is 1. The summed E-state index contributed by atoms with van der Waals surface area (Å²) in [5.41, 5.74) is 1.36. The van der Waals surface area contributed by atoms with Crippen LogP contribution in [-0.2, 0) is 11.3 Å². The molecule has 0 aromatic carbocycles. The van der Waals surface area contributed by atoms with E-state index in [0.29, 0.717) is 21.3 Å². The van der Waals surface area contributed by atoms with Gasteiger partial charge in [-0.15, -0.1) is 0 Å². The van der Waals surface area contributed by atoms with Crippen LogP contribution in [0.15, 0.2) is 9.70 Å². The summed E-state index contributed by atoms with van der Waals surface area (Å²) in [6.45, 7) is 5.97. The number of thiocarbonyl (C=S) groups is 1.